The van der Waals surface area contributed by atoms with E-state index in [2.05, 4.69) is 4.98 Å². The summed E-state index contributed by atoms with van der Waals surface area (Å²) in [6, 6.07) is 1.78. The Morgan fingerprint density at radius 2 is 1.92 bits per heavy atom. The van der Waals surface area contributed by atoms with Gasteiger partial charge in [0.2, 0.25) is 0 Å². The summed E-state index contributed by atoms with van der Waals surface area (Å²) in [4.78, 5) is 13.8. The molecule has 0 amide bonds. The van der Waals surface area contributed by atoms with Gasteiger partial charge in [-0.2, -0.15) is 0 Å². The Kier molecular flexibility index (Phi) is 2.08. The SMILES string of the molecule is Cc1cc(C)c([N+](=O)[O-])nc1C. The van der Waals surface area contributed by atoms with Gasteiger partial charge in [-0.05, 0) is 35.4 Å². The van der Waals surface area contributed by atoms with E-state index in [0.717, 1.165) is 5.56 Å². The maximum atomic E-state index is 10.4. The lowest BCUT2D eigenvalue weighted by Gasteiger charge is -1.99. The van der Waals surface area contributed by atoms with Crippen LogP contribution in [0.25, 0.3) is 0 Å². The molecule has 0 bridgehead atoms. The first-order valence-electron chi connectivity index (χ1n) is 3.61. The number of hydrogen-bond donors (Lipinski definition) is 0. The molecule has 0 unspecified atom stereocenters. The van der Waals surface area contributed by atoms with Crippen molar-refractivity contribution in [3.63, 3.8) is 0 Å². The van der Waals surface area contributed by atoms with E-state index in [0.29, 0.717) is 11.3 Å². The van der Waals surface area contributed by atoms with Crippen LogP contribution < -0.4 is 0 Å². The standard InChI is InChI=1S/C8H10N2O2/c1-5-4-6(2)8(10(11)12)9-7(5)3/h4H,1-3H3. The Labute approximate surface area is 70.4 Å². The third-order valence-electron chi connectivity index (χ3n) is 1.80. The van der Waals surface area contributed by atoms with Crippen molar-refractivity contribution in [3.8, 4) is 0 Å². The average molecular weight is 166 g/mol. The smallest absolute Gasteiger partial charge is 0.358 e. The van der Waals surface area contributed by atoms with E-state index in [1.807, 2.05) is 6.92 Å². The van der Waals surface area contributed by atoms with E-state index < -0.39 is 4.92 Å². The monoisotopic (exact) mass is 166 g/mol. The first kappa shape index (κ1) is 8.64. The van der Waals surface area contributed by atoms with Gasteiger partial charge >= 0.3 is 5.82 Å². The largest absolute Gasteiger partial charge is 0.366 e. The van der Waals surface area contributed by atoms with Gasteiger partial charge < -0.3 is 10.1 Å². The molecule has 0 aliphatic heterocycles. The van der Waals surface area contributed by atoms with Crippen molar-refractivity contribution in [1.29, 1.82) is 0 Å². The van der Waals surface area contributed by atoms with Crippen LogP contribution in [0.15, 0.2) is 6.07 Å². The van der Waals surface area contributed by atoms with Crippen LogP contribution in [-0.4, -0.2) is 9.91 Å². The number of rotatable bonds is 1. The van der Waals surface area contributed by atoms with E-state index in [4.69, 9.17) is 0 Å². The Morgan fingerprint density at radius 1 is 1.33 bits per heavy atom. The Balaban J connectivity index is 3.33. The molecule has 0 spiro atoms. The molecule has 12 heavy (non-hydrogen) atoms. The summed E-state index contributed by atoms with van der Waals surface area (Å²) in [5.41, 5.74) is 2.31. The van der Waals surface area contributed by atoms with E-state index in [-0.39, 0.29) is 5.82 Å². The van der Waals surface area contributed by atoms with E-state index >= 15 is 0 Å². The van der Waals surface area contributed by atoms with Crippen molar-refractivity contribution in [2.24, 2.45) is 0 Å². The normalized spacial score (nSPS) is 9.92. The van der Waals surface area contributed by atoms with Crippen molar-refractivity contribution in [2.45, 2.75) is 20.8 Å². The highest BCUT2D eigenvalue weighted by molar-refractivity contribution is 5.36. The molecule has 1 aromatic rings. The molecule has 0 fully saturated rings. The van der Waals surface area contributed by atoms with Crippen LogP contribution in [0.1, 0.15) is 16.8 Å². The second-order valence-electron chi connectivity index (χ2n) is 2.79. The molecule has 0 aromatic carbocycles. The zero-order valence-electron chi connectivity index (χ0n) is 7.29. The summed E-state index contributed by atoms with van der Waals surface area (Å²) < 4.78 is 0. The minimum Gasteiger partial charge on any atom is -0.358 e. The molecule has 0 N–H and O–H groups in total. The van der Waals surface area contributed by atoms with Crippen LogP contribution in [0.2, 0.25) is 0 Å². The summed E-state index contributed by atoms with van der Waals surface area (Å²) in [6.45, 7) is 5.35. The molecule has 0 atom stereocenters. The lowest BCUT2D eigenvalue weighted by atomic mass is 10.1. The zero-order chi connectivity index (χ0) is 9.30. The van der Waals surface area contributed by atoms with Crippen molar-refractivity contribution in [2.75, 3.05) is 0 Å². The van der Waals surface area contributed by atoms with Crippen molar-refractivity contribution >= 4 is 5.82 Å². The van der Waals surface area contributed by atoms with Crippen LogP contribution in [0.5, 0.6) is 0 Å². The third-order valence-corrected chi connectivity index (χ3v) is 1.80. The van der Waals surface area contributed by atoms with Gasteiger partial charge in [-0.3, -0.25) is 0 Å². The number of aromatic nitrogens is 1. The fourth-order valence-corrected chi connectivity index (χ4v) is 1.01. The number of hydrogen-bond acceptors (Lipinski definition) is 3. The van der Waals surface area contributed by atoms with Gasteiger partial charge in [0, 0.05) is 12.5 Å². The molecular weight excluding hydrogens is 156 g/mol. The van der Waals surface area contributed by atoms with Crippen molar-refractivity contribution in [1.82, 2.24) is 4.98 Å². The average Bonchev–Trinajstić information content (AvgIpc) is 1.96. The second-order valence-corrected chi connectivity index (χ2v) is 2.79. The van der Waals surface area contributed by atoms with Crippen LogP contribution in [0.4, 0.5) is 5.82 Å². The van der Waals surface area contributed by atoms with Crippen molar-refractivity contribution in [3.05, 3.63) is 33.0 Å². The molecule has 0 radical (unpaired) electrons. The minimum atomic E-state index is -0.457. The maximum Gasteiger partial charge on any atom is 0.366 e. The predicted molar refractivity (Wildman–Crippen MR) is 45.1 cm³/mol. The molecule has 0 aliphatic rings. The molecule has 64 valence electrons. The van der Waals surface area contributed by atoms with Gasteiger partial charge in [0.15, 0.2) is 5.69 Å². The molecule has 1 rings (SSSR count). The summed E-state index contributed by atoms with van der Waals surface area (Å²) in [7, 11) is 0. The van der Waals surface area contributed by atoms with Gasteiger partial charge in [0.25, 0.3) is 0 Å². The number of aryl methyl sites for hydroxylation is 3. The van der Waals surface area contributed by atoms with E-state index in [9.17, 15) is 10.1 Å². The molecule has 0 saturated heterocycles. The van der Waals surface area contributed by atoms with Gasteiger partial charge in [-0.1, -0.05) is 0 Å². The Bertz CT molecular complexity index is 334. The zero-order valence-corrected chi connectivity index (χ0v) is 7.29. The number of pyridine rings is 1. The quantitative estimate of drug-likeness (QED) is 0.473. The molecule has 0 saturated carbocycles. The van der Waals surface area contributed by atoms with Gasteiger partial charge in [-0.15, -0.1) is 0 Å². The molecule has 0 aliphatic carbocycles. The molecule has 4 heteroatoms. The highest BCUT2D eigenvalue weighted by atomic mass is 16.6. The topological polar surface area (TPSA) is 56.0 Å². The van der Waals surface area contributed by atoms with Crippen LogP contribution in [0, 0.1) is 30.9 Å². The van der Waals surface area contributed by atoms with Crippen molar-refractivity contribution < 1.29 is 4.92 Å². The second kappa shape index (κ2) is 2.89. The minimum absolute atomic E-state index is 0.0434. The highest BCUT2D eigenvalue weighted by Crippen LogP contribution is 2.17. The summed E-state index contributed by atoms with van der Waals surface area (Å²) >= 11 is 0. The first-order chi connectivity index (χ1) is 5.52. The van der Waals surface area contributed by atoms with E-state index in [1.54, 1.807) is 19.9 Å². The summed E-state index contributed by atoms with van der Waals surface area (Å²) in [5, 5.41) is 10.4. The number of nitro groups is 1. The van der Waals surface area contributed by atoms with Gasteiger partial charge in [-0.25, -0.2) is 0 Å². The van der Waals surface area contributed by atoms with Crippen LogP contribution in [-0.2, 0) is 0 Å². The lowest BCUT2D eigenvalue weighted by Crippen LogP contribution is -1.98. The fraction of sp³-hybridized carbons (Fsp3) is 0.375. The molecule has 4 nitrogen and oxygen atoms in total. The first-order valence-corrected chi connectivity index (χ1v) is 3.61. The van der Waals surface area contributed by atoms with Crippen LogP contribution in [0.3, 0.4) is 0 Å². The van der Waals surface area contributed by atoms with Gasteiger partial charge in [0.1, 0.15) is 0 Å². The van der Waals surface area contributed by atoms with E-state index in [1.165, 1.54) is 0 Å². The molecule has 1 heterocycles. The fourth-order valence-electron chi connectivity index (χ4n) is 1.01. The molecular formula is C8H10N2O2. The highest BCUT2D eigenvalue weighted by Gasteiger charge is 2.13. The maximum absolute atomic E-state index is 10.4. The van der Waals surface area contributed by atoms with Crippen LogP contribution >= 0.6 is 0 Å². The molecule has 1 aromatic heterocycles. The summed E-state index contributed by atoms with van der Waals surface area (Å²) in [5.74, 6) is -0.0434. The number of nitrogens with zero attached hydrogens (tertiary/aromatic N) is 2. The van der Waals surface area contributed by atoms with Gasteiger partial charge in [0.05, 0.1) is 0 Å². The predicted octanol–water partition coefficient (Wildman–Crippen LogP) is 1.92. The Morgan fingerprint density at radius 3 is 2.42 bits per heavy atom. The summed E-state index contributed by atoms with van der Waals surface area (Å²) in [6.07, 6.45) is 0. The third kappa shape index (κ3) is 1.42. The Hall–Kier alpha value is -1.45. The lowest BCUT2D eigenvalue weighted by molar-refractivity contribution is -0.390.